The molecule has 3 heterocycles. The van der Waals surface area contributed by atoms with E-state index in [1.807, 2.05) is 30.3 Å². The number of ether oxygens (including phenoxy) is 1. The molecule has 1 aliphatic heterocycles. The molecule has 0 aliphatic carbocycles. The third kappa shape index (κ3) is 5.40. The molecule has 2 aromatic heterocycles. The van der Waals surface area contributed by atoms with Gasteiger partial charge in [-0.25, -0.2) is 9.97 Å². The van der Waals surface area contributed by atoms with Crippen LogP contribution in [0.4, 0.5) is 17.5 Å². The largest absolute Gasteiger partial charge is 0.378 e. The Morgan fingerprint density at radius 2 is 1.77 bits per heavy atom. The van der Waals surface area contributed by atoms with Gasteiger partial charge in [-0.15, -0.1) is 0 Å². The van der Waals surface area contributed by atoms with Crippen LogP contribution >= 0.6 is 11.6 Å². The monoisotopic (exact) mass is 491 g/mol. The highest BCUT2D eigenvalue weighted by Gasteiger charge is 2.17. The lowest BCUT2D eigenvalue weighted by Gasteiger charge is -2.27. The Morgan fingerprint density at radius 3 is 2.51 bits per heavy atom. The number of nitrogens with one attached hydrogen (secondary N) is 1. The third-order valence-electron chi connectivity index (χ3n) is 6.13. The molecule has 0 radical (unpaired) electrons. The van der Waals surface area contributed by atoms with E-state index in [9.17, 15) is 0 Å². The minimum absolute atomic E-state index is 0.670. The zero-order chi connectivity index (χ0) is 24.4. The van der Waals surface area contributed by atoms with Crippen molar-refractivity contribution < 1.29 is 4.74 Å². The highest BCUT2D eigenvalue weighted by atomic mass is 35.5. The first-order chi connectivity index (χ1) is 17.0. The molecule has 1 N–H and O–H groups in total. The van der Waals surface area contributed by atoms with Crippen molar-refractivity contribution in [3.63, 3.8) is 0 Å². The zero-order valence-electron chi connectivity index (χ0n) is 20.3. The van der Waals surface area contributed by atoms with E-state index in [0.717, 1.165) is 65.8 Å². The summed E-state index contributed by atoms with van der Waals surface area (Å²) in [4.78, 5) is 18.9. The van der Waals surface area contributed by atoms with Crippen molar-refractivity contribution in [3.05, 3.63) is 59.4 Å². The lowest BCUT2D eigenvalue weighted by Crippen LogP contribution is -2.37. The standard InChI is InChI=1S/C26H30ClN7O/c1-18-28-22-9-4-19(16-24(22)34(18)11-10-32(2)3)23-17-25(29-21-7-5-20(27)6-8-21)31-26(30-23)33-12-14-35-15-13-33/h4-9,16-17H,10-15H2,1-3H3,(H,29,30,31). The van der Waals surface area contributed by atoms with Crippen molar-refractivity contribution in [2.45, 2.75) is 13.5 Å². The van der Waals surface area contributed by atoms with Gasteiger partial charge in [0.1, 0.15) is 11.6 Å². The molecule has 0 unspecified atom stereocenters. The van der Waals surface area contributed by atoms with Crippen LogP contribution in [-0.4, -0.2) is 71.4 Å². The van der Waals surface area contributed by atoms with Gasteiger partial charge in [-0.2, -0.15) is 4.98 Å². The van der Waals surface area contributed by atoms with Gasteiger partial charge >= 0.3 is 0 Å². The number of nitrogens with zero attached hydrogens (tertiary/aromatic N) is 6. The molecule has 0 amide bonds. The second-order valence-electron chi connectivity index (χ2n) is 8.99. The predicted octanol–water partition coefficient (Wildman–Crippen LogP) is 4.60. The number of morpholine rings is 1. The molecule has 0 spiro atoms. The Labute approximate surface area is 210 Å². The number of aromatic nitrogens is 4. The fourth-order valence-corrected chi connectivity index (χ4v) is 4.34. The molecular weight excluding hydrogens is 462 g/mol. The lowest BCUT2D eigenvalue weighted by atomic mass is 10.1. The Morgan fingerprint density at radius 1 is 1.00 bits per heavy atom. The number of aryl methyl sites for hydroxylation is 1. The van der Waals surface area contributed by atoms with E-state index in [0.29, 0.717) is 24.2 Å². The number of hydrogen-bond donors (Lipinski definition) is 1. The average molecular weight is 492 g/mol. The van der Waals surface area contributed by atoms with Crippen LogP contribution in [0.2, 0.25) is 5.02 Å². The predicted molar refractivity (Wildman–Crippen MR) is 142 cm³/mol. The highest BCUT2D eigenvalue weighted by Crippen LogP contribution is 2.29. The van der Waals surface area contributed by atoms with E-state index >= 15 is 0 Å². The molecular formula is C26H30ClN7O. The summed E-state index contributed by atoms with van der Waals surface area (Å²) in [6.07, 6.45) is 0. The van der Waals surface area contributed by atoms with E-state index in [1.54, 1.807) is 0 Å². The van der Waals surface area contributed by atoms with Crippen LogP contribution in [0.3, 0.4) is 0 Å². The first-order valence-electron chi connectivity index (χ1n) is 11.8. The van der Waals surface area contributed by atoms with Crippen LogP contribution in [-0.2, 0) is 11.3 Å². The summed E-state index contributed by atoms with van der Waals surface area (Å²) in [5.74, 6) is 2.44. The molecule has 0 bridgehead atoms. The molecule has 1 saturated heterocycles. The fourth-order valence-electron chi connectivity index (χ4n) is 4.22. The van der Waals surface area contributed by atoms with Gasteiger partial charge in [0.15, 0.2) is 0 Å². The van der Waals surface area contributed by atoms with Crippen molar-refractivity contribution in [1.29, 1.82) is 0 Å². The summed E-state index contributed by atoms with van der Waals surface area (Å²) < 4.78 is 7.81. The van der Waals surface area contributed by atoms with Crippen LogP contribution in [0.5, 0.6) is 0 Å². The second kappa shape index (κ2) is 10.2. The molecule has 5 rings (SSSR count). The minimum Gasteiger partial charge on any atom is -0.378 e. The smallest absolute Gasteiger partial charge is 0.228 e. The Kier molecular flexibility index (Phi) is 6.86. The molecule has 8 nitrogen and oxygen atoms in total. The Hall–Kier alpha value is -3.20. The van der Waals surface area contributed by atoms with Crippen molar-refractivity contribution >= 4 is 40.1 Å². The molecule has 0 saturated carbocycles. The van der Waals surface area contributed by atoms with E-state index in [2.05, 4.69) is 58.9 Å². The quantitative estimate of drug-likeness (QED) is 0.405. The number of rotatable bonds is 7. The van der Waals surface area contributed by atoms with Gasteiger partial charge in [0.05, 0.1) is 29.9 Å². The van der Waals surface area contributed by atoms with E-state index in [1.165, 1.54) is 0 Å². The molecule has 1 aliphatic rings. The Bertz CT molecular complexity index is 1310. The van der Waals surface area contributed by atoms with Gasteiger partial charge in [-0.05, 0) is 57.4 Å². The van der Waals surface area contributed by atoms with Crippen LogP contribution in [0.15, 0.2) is 48.5 Å². The van der Waals surface area contributed by atoms with Gasteiger partial charge < -0.3 is 24.4 Å². The average Bonchev–Trinajstić information content (AvgIpc) is 3.18. The van der Waals surface area contributed by atoms with E-state index in [4.69, 9.17) is 31.3 Å². The fraction of sp³-hybridized carbons (Fsp3) is 0.346. The normalized spacial score (nSPS) is 14.1. The van der Waals surface area contributed by atoms with Crippen molar-refractivity contribution in [1.82, 2.24) is 24.4 Å². The maximum atomic E-state index is 6.07. The van der Waals surface area contributed by atoms with Gasteiger partial charge in [0.2, 0.25) is 5.95 Å². The van der Waals surface area contributed by atoms with Crippen molar-refractivity contribution in [3.8, 4) is 11.3 Å². The number of hydrogen-bond acceptors (Lipinski definition) is 7. The van der Waals surface area contributed by atoms with E-state index in [-0.39, 0.29) is 0 Å². The summed E-state index contributed by atoms with van der Waals surface area (Å²) in [5, 5.41) is 4.11. The summed E-state index contributed by atoms with van der Waals surface area (Å²) in [7, 11) is 4.17. The topological polar surface area (TPSA) is 71.3 Å². The first kappa shape index (κ1) is 23.5. The van der Waals surface area contributed by atoms with Gasteiger partial charge in [-0.1, -0.05) is 17.7 Å². The maximum absolute atomic E-state index is 6.07. The summed E-state index contributed by atoms with van der Waals surface area (Å²) >= 11 is 6.07. The lowest BCUT2D eigenvalue weighted by molar-refractivity contribution is 0.122. The summed E-state index contributed by atoms with van der Waals surface area (Å²) in [6.45, 7) is 6.75. The molecule has 9 heteroatoms. The van der Waals surface area contributed by atoms with Crippen LogP contribution in [0, 0.1) is 6.92 Å². The van der Waals surface area contributed by atoms with Gasteiger partial charge in [0.25, 0.3) is 0 Å². The molecule has 4 aromatic rings. The highest BCUT2D eigenvalue weighted by molar-refractivity contribution is 6.30. The van der Waals surface area contributed by atoms with Crippen LogP contribution < -0.4 is 10.2 Å². The second-order valence-corrected chi connectivity index (χ2v) is 9.42. The summed E-state index contributed by atoms with van der Waals surface area (Å²) in [6, 6.07) is 15.9. The van der Waals surface area contributed by atoms with Gasteiger partial charge in [-0.3, -0.25) is 0 Å². The SMILES string of the molecule is Cc1nc2ccc(-c3cc(Nc4ccc(Cl)cc4)nc(N4CCOCC4)n3)cc2n1CCN(C)C. The van der Waals surface area contributed by atoms with Crippen LogP contribution in [0.1, 0.15) is 5.82 Å². The van der Waals surface area contributed by atoms with Crippen molar-refractivity contribution in [2.24, 2.45) is 0 Å². The zero-order valence-corrected chi connectivity index (χ0v) is 21.1. The maximum Gasteiger partial charge on any atom is 0.228 e. The number of anilines is 3. The van der Waals surface area contributed by atoms with Gasteiger partial charge in [0, 0.05) is 48.5 Å². The van der Waals surface area contributed by atoms with Crippen LogP contribution in [0.25, 0.3) is 22.3 Å². The minimum atomic E-state index is 0.670. The summed E-state index contributed by atoms with van der Waals surface area (Å²) in [5.41, 5.74) is 4.91. The van der Waals surface area contributed by atoms with E-state index < -0.39 is 0 Å². The molecule has 1 fully saturated rings. The first-order valence-corrected chi connectivity index (χ1v) is 12.2. The van der Waals surface area contributed by atoms with Crippen molar-refractivity contribution in [2.75, 3.05) is 57.2 Å². The molecule has 35 heavy (non-hydrogen) atoms. The number of likely N-dealkylation sites (N-methyl/N-ethyl adjacent to an activating group) is 1. The molecule has 2 aromatic carbocycles. The third-order valence-corrected chi connectivity index (χ3v) is 6.38. The molecule has 0 atom stereocenters. The number of fused-ring (bicyclic) bond motifs is 1. The molecule has 182 valence electrons. The number of benzene rings is 2. The number of halogens is 1. The number of imidazole rings is 1. The Balaban J connectivity index is 1.55.